The van der Waals surface area contributed by atoms with Crippen LogP contribution in [0.15, 0.2) is 171 Å². The zero-order valence-corrected chi connectivity index (χ0v) is 83.8. The van der Waals surface area contributed by atoms with Crippen LogP contribution in [0, 0.1) is 99.1 Å². The average Bonchev–Trinajstić information content (AvgIpc) is 0.813. The highest BCUT2D eigenvalue weighted by atomic mass is 127. The van der Waals surface area contributed by atoms with Gasteiger partial charge in [-0.05, 0) is 411 Å². The first kappa shape index (κ1) is 106. The molecule has 9 aromatic rings. The SMILES string of the molecule is Cc1cc(I)ccc1N=C1C(F)=C(F)C(Br)=CC1C(=O)NCCN1CCCC1.Cc1cc(I)ccc1Nc1c(C(=O)NCCCO)ccc(F)c1F.Cc1cc(I)ccc1Nc1c(C(=O)NCCN2CCCCC2)cc(Br)c(F)c1F.Cc1cc(I)ccc1Nc1c(C(=O)NCCO)ccc(F)c1F.Cc1cc(I)ccc1Nc1cc(F)ccc1C(=O)NCC(O)CO. The number of carbonyl (C=O) groups is 5. The molecule has 2 unspecified atom stereocenters. The Morgan fingerprint density at radius 3 is 1.30 bits per heavy atom. The van der Waals surface area contributed by atoms with E-state index in [1.54, 1.807) is 24.3 Å². The van der Waals surface area contributed by atoms with Crippen molar-refractivity contribution in [1.29, 1.82) is 0 Å². The number of likely N-dealkylation sites (tertiary alicyclic amines) is 2. The summed E-state index contributed by atoms with van der Waals surface area (Å²) in [6.07, 6.45) is 6.66. The van der Waals surface area contributed by atoms with Gasteiger partial charge in [-0.2, -0.15) is 0 Å². The van der Waals surface area contributed by atoms with Crippen molar-refractivity contribution < 1.29 is 83.9 Å². The number of aliphatic hydroxyl groups excluding tert-OH is 4. The molecule has 684 valence electrons. The third-order valence-corrected chi connectivity index (χ3v) is 24.4. The number of aryl methyl sites for hydroxylation is 5. The Labute approximate surface area is 821 Å². The van der Waals surface area contributed by atoms with E-state index in [0.717, 1.165) is 103 Å². The molecular formula is C91H94Br2F9I5N12O9. The second-order valence-electron chi connectivity index (χ2n) is 29.4. The molecule has 13 N–H and O–H groups in total. The van der Waals surface area contributed by atoms with Gasteiger partial charge >= 0.3 is 0 Å². The highest BCUT2D eigenvalue weighted by Crippen LogP contribution is 2.38. The number of amides is 5. The molecule has 9 aromatic carbocycles. The fraction of sp³-hybridized carbons (Fsp3) is 0.297. The molecule has 2 saturated heterocycles. The van der Waals surface area contributed by atoms with Gasteiger partial charge in [0.2, 0.25) is 5.91 Å². The van der Waals surface area contributed by atoms with Crippen molar-refractivity contribution >= 4 is 231 Å². The minimum atomic E-state index is -1.13. The van der Waals surface area contributed by atoms with Gasteiger partial charge < -0.3 is 78.1 Å². The van der Waals surface area contributed by atoms with Crippen LogP contribution in [0.3, 0.4) is 0 Å². The second kappa shape index (κ2) is 52.6. The van der Waals surface area contributed by atoms with Gasteiger partial charge in [-0.1, -0.05) is 6.42 Å². The first-order chi connectivity index (χ1) is 61.0. The topological polar surface area (TPSA) is 293 Å². The van der Waals surface area contributed by atoms with Crippen molar-refractivity contribution in [2.24, 2.45) is 10.9 Å². The fourth-order valence-electron chi connectivity index (χ4n) is 13.0. The molecule has 2 atom stereocenters. The molecule has 0 saturated carbocycles. The van der Waals surface area contributed by atoms with Crippen molar-refractivity contribution in [3.05, 3.63) is 275 Å². The van der Waals surface area contributed by atoms with Crippen LogP contribution in [0.4, 0.5) is 90.7 Å². The lowest BCUT2D eigenvalue weighted by Gasteiger charge is -2.26. The number of rotatable bonds is 28. The minimum absolute atomic E-state index is 0.00443. The van der Waals surface area contributed by atoms with Crippen LogP contribution in [0.2, 0.25) is 0 Å². The van der Waals surface area contributed by atoms with Crippen molar-refractivity contribution in [1.82, 2.24) is 36.4 Å². The summed E-state index contributed by atoms with van der Waals surface area (Å²) in [6.45, 7) is 15.3. The normalized spacial score (nSPS) is 14.2. The maximum Gasteiger partial charge on any atom is 0.253 e. The summed E-state index contributed by atoms with van der Waals surface area (Å²) in [4.78, 5) is 70.9. The molecule has 128 heavy (non-hydrogen) atoms. The Hall–Kier alpha value is -7.58. The molecule has 0 aromatic heterocycles. The van der Waals surface area contributed by atoms with Crippen molar-refractivity contribution in [3.63, 3.8) is 0 Å². The van der Waals surface area contributed by atoms with Gasteiger partial charge in [-0.15, -0.1) is 0 Å². The zero-order valence-electron chi connectivity index (χ0n) is 69.9. The molecular weight excluding hydrogens is 2370 g/mol. The number of halogens is 16. The summed E-state index contributed by atoms with van der Waals surface area (Å²) in [6, 6.07) is 37.1. The van der Waals surface area contributed by atoms with E-state index in [9.17, 15) is 68.6 Å². The number of hydrogen-bond donors (Lipinski definition) is 13. The monoisotopic (exact) mass is 2460 g/mol. The highest BCUT2D eigenvalue weighted by Gasteiger charge is 2.34. The lowest BCUT2D eigenvalue weighted by Crippen LogP contribution is -2.39. The Bertz CT molecular complexity index is 5550. The predicted molar refractivity (Wildman–Crippen MR) is 533 cm³/mol. The van der Waals surface area contributed by atoms with E-state index in [1.807, 2.05) is 101 Å². The first-order valence-corrected chi connectivity index (χ1v) is 47.2. The molecule has 37 heteroatoms. The van der Waals surface area contributed by atoms with Gasteiger partial charge in [0.15, 0.2) is 46.6 Å². The summed E-state index contributed by atoms with van der Waals surface area (Å²) < 4.78 is 132. The maximum absolute atomic E-state index is 14.7. The fourth-order valence-corrected chi connectivity index (χ4v) is 17.0. The molecule has 5 amide bonds. The van der Waals surface area contributed by atoms with Crippen molar-refractivity contribution in [2.45, 2.75) is 79.2 Å². The second-order valence-corrected chi connectivity index (χ2v) is 37.3. The number of allylic oxidation sites excluding steroid dienone is 3. The number of benzene rings is 9. The molecule has 2 fully saturated rings. The lowest BCUT2D eigenvalue weighted by molar-refractivity contribution is -0.122. The summed E-state index contributed by atoms with van der Waals surface area (Å²) >= 11 is 16.9. The van der Waals surface area contributed by atoms with Crippen LogP contribution in [0.5, 0.6) is 0 Å². The smallest absolute Gasteiger partial charge is 0.253 e. The number of nitrogens with one attached hydrogen (secondary N) is 9. The third-order valence-electron chi connectivity index (χ3n) is 19.8. The Balaban J connectivity index is 0.000000198. The average molecular weight is 2470 g/mol. The summed E-state index contributed by atoms with van der Waals surface area (Å²) in [5, 5.41) is 60.4. The number of aliphatic hydroxyl groups is 4. The molecule has 12 rings (SSSR count). The van der Waals surface area contributed by atoms with Gasteiger partial charge in [0.25, 0.3) is 23.6 Å². The van der Waals surface area contributed by atoms with Crippen LogP contribution in [0.25, 0.3) is 0 Å². The van der Waals surface area contributed by atoms with Crippen LogP contribution < -0.4 is 47.9 Å². The summed E-state index contributed by atoms with van der Waals surface area (Å²) in [7, 11) is 0. The van der Waals surface area contributed by atoms with Gasteiger partial charge in [0, 0.05) is 93.0 Å². The number of hydrogen-bond acceptors (Lipinski definition) is 16. The molecule has 0 radical (unpaired) electrons. The first-order valence-electron chi connectivity index (χ1n) is 40.2. The molecule has 1 aliphatic carbocycles. The van der Waals surface area contributed by atoms with E-state index in [0.29, 0.717) is 47.9 Å². The summed E-state index contributed by atoms with van der Waals surface area (Å²) in [5.41, 5.74) is 7.22. The minimum Gasteiger partial charge on any atom is -0.396 e. The van der Waals surface area contributed by atoms with E-state index < -0.39 is 94.6 Å². The lowest BCUT2D eigenvalue weighted by atomic mass is 9.95. The molecule has 3 aliphatic rings. The van der Waals surface area contributed by atoms with E-state index in [2.05, 4.69) is 207 Å². The van der Waals surface area contributed by atoms with Crippen molar-refractivity contribution in [3.8, 4) is 0 Å². The number of aliphatic imine (C=N–C) groups is 1. The Morgan fingerprint density at radius 2 is 0.844 bits per heavy atom. The molecule has 0 spiro atoms. The van der Waals surface area contributed by atoms with Crippen LogP contribution >= 0.6 is 145 Å². The van der Waals surface area contributed by atoms with Gasteiger partial charge in [-0.3, -0.25) is 24.0 Å². The predicted octanol–water partition coefficient (Wildman–Crippen LogP) is 20.2. The van der Waals surface area contributed by atoms with E-state index in [-0.39, 0.29) is 92.7 Å². The highest BCUT2D eigenvalue weighted by molar-refractivity contribution is 14.1. The molecule has 2 aliphatic heterocycles. The van der Waals surface area contributed by atoms with Crippen LogP contribution in [-0.2, 0) is 4.79 Å². The van der Waals surface area contributed by atoms with Gasteiger partial charge in [0.1, 0.15) is 11.7 Å². The quantitative estimate of drug-likeness (QED) is 0.00939. The molecule has 21 nitrogen and oxygen atoms in total. The summed E-state index contributed by atoms with van der Waals surface area (Å²) in [5.74, 6) is -12.4. The Morgan fingerprint density at radius 1 is 0.430 bits per heavy atom. The largest absolute Gasteiger partial charge is 0.396 e. The van der Waals surface area contributed by atoms with Gasteiger partial charge in [-0.25, -0.2) is 44.5 Å². The van der Waals surface area contributed by atoms with Gasteiger partial charge in [0.05, 0.1) is 84.7 Å². The third kappa shape index (κ3) is 31.6. The number of carbonyl (C=O) groups excluding carboxylic acids is 5. The Kier molecular flexibility index (Phi) is 43.5. The van der Waals surface area contributed by atoms with E-state index >= 15 is 0 Å². The standard InChI is InChI=1S/C21H23BrF2IN3O.C20H21BrF2IN3O.C17H17F2IN2O2.C17H18FIN2O3.C16H15F2IN2O2/c1-13-11-14(25)5-6-17(13)27-20-15(12-16(22)18(23)19(20)24)21(29)26-7-10-28-8-3-2-4-9-28;1-12-10-13(24)4-5-16(12)26-19-14(11-15(21)17(22)18(19)23)20(28)25-6-9-27-7-2-3-8-27;1-10-9-11(20)3-6-14(10)22-16-12(4-5-13(18)15(16)19)17(24)21-7-2-8-23;1-10-6-12(19)3-5-15(10)21-16-7-11(18)2-4-14(16)17(24)20-8-13(23)9-22;1-9-8-10(19)2-5-13(9)21-15-11(16(23)20-6-7-22)3-4-12(17)14(15)18/h5-6,11-12,27H,2-4,7-10H2,1H3,(H,26,29);4-5,10-11,14H,2-3,6-9H2,1H3,(H,25,28);3-6,9,22-23H,2,7-8H2,1H3,(H,21,24);2-7,13,21-23H,8-9H2,1H3,(H,20,24);2-5,8,21-22H,6-7H2,1H3,(H,20,23). The van der Waals surface area contributed by atoms with Crippen molar-refractivity contribution in [2.75, 3.05) is 113 Å². The zero-order chi connectivity index (χ0) is 93.6. The van der Waals surface area contributed by atoms with E-state index in [4.69, 9.17) is 15.3 Å². The molecule has 2 heterocycles. The molecule has 0 bridgehead atoms. The number of piperidine rings is 1. The van der Waals surface area contributed by atoms with Crippen LogP contribution in [-0.4, -0.2) is 163 Å². The maximum atomic E-state index is 14.7. The van der Waals surface area contributed by atoms with E-state index in [1.165, 1.54) is 74.6 Å². The number of nitrogens with zero attached hydrogens (tertiary/aromatic N) is 3. The van der Waals surface area contributed by atoms with Crippen LogP contribution in [0.1, 0.15) is 108 Å². The number of anilines is 8.